The summed E-state index contributed by atoms with van der Waals surface area (Å²) in [5, 5.41) is 21.1. The van der Waals surface area contributed by atoms with E-state index in [1.165, 1.54) is 0 Å². The van der Waals surface area contributed by atoms with E-state index in [9.17, 15) is 37.4 Å². The van der Waals surface area contributed by atoms with Crippen LogP contribution in [0.4, 0.5) is 25.8 Å². The van der Waals surface area contributed by atoms with Crippen molar-refractivity contribution in [3.8, 4) is 0 Å². The van der Waals surface area contributed by atoms with Gasteiger partial charge in [-0.25, -0.2) is 12.8 Å². The van der Waals surface area contributed by atoms with E-state index < -0.39 is 53.5 Å². The molecule has 25 heavy (non-hydrogen) atoms. The average molecular weight is 394 g/mol. The normalized spacial score (nSPS) is 11.2. The van der Waals surface area contributed by atoms with Crippen molar-refractivity contribution in [2.24, 2.45) is 0 Å². The molecule has 0 unspecified atom stereocenters. The second kappa shape index (κ2) is 6.57. The quantitative estimate of drug-likeness (QED) is 0.612. The van der Waals surface area contributed by atoms with E-state index in [4.69, 9.17) is 11.6 Å². The molecule has 2 aromatic rings. The fourth-order valence-corrected chi connectivity index (χ4v) is 3.02. The molecule has 0 saturated carbocycles. The topological polar surface area (TPSA) is 132 Å². The van der Waals surface area contributed by atoms with Crippen LogP contribution in [-0.4, -0.2) is 18.3 Å². The van der Waals surface area contributed by atoms with Crippen molar-refractivity contribution in [1.29, 1.82) is 0 Å². The van der Waals surface area contributed by atoms with E-state index in [1.54, 1.807) is 4.72 Å². The largest absolute Gasteiger partial charge is 0.307 e. The lowest BCUT2D eigenvalue weighted by Crippen LogP contribution is -2.15. The van der Waals surface area contributed by atoms with Crippen LogP contribution in [0.3, 0.4) is 0 Å². The van der Waals surface area contributed by atoms with Crippen molar-refractivity contribution in [2.75, 3.05) is 4.72 Å². The lowest BCUT2D eigenvalue weighted by atomic mass is 10.2. The summed E-state index contributed by atoms with van der Waals surface area (Å²) in [5.41, 5.74) is -2.76. The highest BCUT2D eigenvalue weighted by molar-refractivity contribution is 7.92. The molecule has 1 N–H and O–H groups in total. The maximum absolute atomic E-state index is 13.7. The highest BCUT2D eigenvalue weighted by Gasteiger charge is 2.24. The first kappa shape index (κ1) is 18.5. The van der Waals surface area contributed by atoms with Gasteiger partial charge in [-0.05, 0) is 12.1 Å². The number of rotatable bonds is 5. The molecule has 0 radical (unpaired) electrons. The first-order valence-electron chi connectivity index (χ1n) is 6.13. The molecule has 2 aromatic carbocycles. The van der Waals surface area contributed by atoms with Gasteiger partial charge in [-0.15, -0.1) is 0 Å². The van der Waals surface area contributed by atoms with E-state index in [2.05, 4.69) is 0 Å². The lowest BCUT2D eigenvalue weighted by Gasteiger charge is -2.09. The Hall–Kier alpha value is -2.86. The molecule has 0 aromatic heterocycles. The zero-order chi connectivity index (χ0) is 18.9. The molecular formula is C12H6ClF2N3O6S. The number of nitrogens with one attached hydrogen (secondary N) is 1. The summed E-state index contributed by atoms with van der Waals surface area (Å²) in [7, 11) is -4.56. The number of hydrogen-bond acceptors (Lipinski definition) is 6. The Morgan fingerprint density at radius 3 is 2.12 bits per heavy atom. The Bertz CT molecular complexity index is 999. The molecule has 13 heteroatoms. The summed E-state index contributed by atoms with van der Waals surface area (Å²) in [4.78, 5) is 18.7. The number of hydrogen-bond donors (Lipinski definition) is 1. The molecule has 0 bridgehead atoms. The van der Waals surface area contributed by atoms with Gasteiger partial charge in [-0.1, -0.05) is 11.6 Å². The highest BCUT2D eigenvalue weighted by Crippen LogP contribution is 2.30. The van der Waals surface area contributed by atoms with Crippen LogP contribution in [0.1, 0.15) is 0 Å². The molecule has 0 spiro atoms. The molecule has 9 nitrogen and oxygen atoms in total. The number of sulfonamides is 1. The molecular weight excluding hydrogens is 388 g/mol. The Kier molecular flexibility index (Phi) is 4.85. The minimum Gasteiger partial charge on any atom is -0.276 e. The lowest BCUT2D eigenvalue weighted by molar-refractivity contribution is -0.387. The third-order valence-electron chi connectivity index (χ3n) is 2.90. The maximum atomic E-state index is 13.7. The summed E-state index contributed by atoms with van der Waals surface area (Å²) in [5.74, 6) is -2.90. The van der Waals surface area contributed by atoms with Gasteiger partial charge >= 0.3 is 5.69 Å². The SMILES string of the molecule is O=[N+]([O-])c1cc(NS(=O)(=O)c2ccc(Cl)c([N+](=O)[O-])c2)c(F)cc1F. The third kappa shape index (κ3) is 3.80. The number of benzene rings is 2. The Morgan fingerprint density at radius 1 is 0.960 bits per heavy atom. The van der Waals surface area contributed by atoms with Gasteiger partial charge in [0.1, 0.15) is 5.02 Å². The van der Waals surface area contributed by atoms with Crippen LogP contribution in [-0.2, 0) is 10.0 Å². The fraction of sp³-hybridized carbons (Fsp3) is 0. The molecule has 0 fully saturated rings. The van der Waals surface area contributed by atoms with E-state index in [0.717, 1.165) is 12.1 Å². The second-order valence-electron chi connectivity index (χ2n) is 4.52. The molecule has 132 valence electrons. The summed E-state index contributed by atoms with van der Waals surface area (Å²) >= 11 is 5.57. The molecule has 0 amide bonds. The van der Waals surface area contributed by atoms with Crippen LogP contribution in [0.25, 0.3) is 0 Å². The Balaban J connectivity index is 2.50. The summed E-state index contributed by atoms with van der Waals surface area (Å²) < 4.78 is 53.0. The minimum atomic E-state index is -4.56. The van der Waals surface area contributed by atoms with E-state index in [1.807, 2.05) is 0 Å². The van der Waals surface area contributed by atoms with E-state index in [0.29, 0.717) is 12.1 Å². The Labute approximate surface area is 143 Å². The predicted octanol–water partition coefficient (Wildman–Crippen LogP) is 3.24. The number of anilines is 1. The first-order chi connectivity index (χ1) is 11.5. The van der Waals surface area contributed by atoms with Crippen LogP contribution in [0.5, 0.6) is 0 Å². The first-order valence-corrected chi connectivity index (χ1v) is 7.99. The van der Waals surface area contributed by atoms with Crippen molar-refractivity contribution in [2.45, 2.75) is 4.90 Å². The van der Waals surface area contributed by atoms with Gasteiger partial charge in [-0.3, -0.25) is 25.0 Å². The highest BCUT2D eigenvalue weighted by atomic mass is 35.5. The van der Waals surface area contributed by atoms with Crippen molar-refractivity contribution < 1.29 is 27.0 Å². The van der Waals surface area contributed by atoms with Gasteiger partial charge in [-0.2, -0.15) is 4.39 Å². The molecule has 2 rings (SSSR count). The van der Waals surface area contributed by atoms with E-state index >= 15 is 0 Å². The van der Waals surface area contributed by atoms with Crippen LogP contribution in [0.2, 0.25) is 5.02 Å². The van der Waals surface area contributed by atoms with Crippen molar-refractivity contribution in [3.63, 3.8) is 0 Å². The standard InChI is InChI=1S/C12H6ClF2N3O6S/c13-7-2-1-6(3-11(7)17(19)20)25(23,24)16-10-5-12(18(21)22)9(15)4-8(10)14/h1-5,16H. The summed E-state index contributed by atoms with van der Waals surface area (Å²) in [6, 6.07) is 2.97. The van der Waals surface area contributed by atoms with Crippen molar-refractivity contribution >= 4 is 38.7 Å². The fourth-order valence-electron chi connectivity index (χ4n) is 1.76. The van der Waals surface area contributed by atoms with Gasteiger partial charge in [0.15, 0.2) is 5.82 Å². The average Bonchev–Trinajstić information content (AvgIpc) is 2.49. The molecule has 0 heterocycles. The zero-order valence-corrected chi connectivity index (χ0v) is 13.3. The number of nitrogens with zero attached hydrogens (tertiary/aromatic N) is 2. The summed E-state index contributed by atoms with van der Waals surface area (Å²) in [6.45, 7) is 0. The van der Waals surface area contributed by atoms with Gasteiger partial charge in [0, 0.05) is 18.2 Å². The van der Waals surface area contributed by atoms with Gasteiger partial charge in [0.25, 0.3) is 15.7 Å². The van der Waals surface area contributed by atoms with Crippen LogP contribution in [0, 0.1) is 31.9 Å². The van der Waals surface area contributed by atoms with Crippen LogP contribution < -0.4 is 4.72 Å². The third-order valence-corrected chi connectivity index (χ3v) is 4.58. The minimum absolute atomic E-state index is 0.139. The van der Waals surface area contributed by atoms with Crippen LogP contribution in [0.15, 0.2) is 35.2 Å². The molecule has 0 aliphatic heterocycles. The van der Waals surface area contributed by atoms with Gasteiger partial charge in [0.05, 0.1) is 20.4 Å². The van der Waals surface area contributed by atoms with Gasteiger partial charge < -0.3 is 0 Å². The monoisotopic (exact) mass is 393 g/mol. The number of halogens is 3. The van der Waals surface area contributed by atoms with Crippen molar-refractivity contribution in [1.82, 2.24) is 0 Å². The maximum Gasteiger partial charge on any atom is 0.307 e. The van der Waals surface area contributed by atoms with E-state index in [-0.39, 0.29) is 11.1 Å². The van der Waals surface area contributed by atoms with Gasteiger partial charge in [0.2, 0.25) is 5.82 Å². The number of nitro groups is 2. The summed E-state index contributed by atoms with van der Waals surface area (Å²) in [6.07, 6.45) is 0. The van der Waals surface area contributed by atoms with Crippen LogP contribution >= 0.6 is 11.6 Å². The molecule has 0 aliphatic carbocycles. The Morgan fingerprint density at radius 2 is 1.56 bits per heavy atom. The molecule has 0 saturated heterocycles. The van der Waals surface area contributed by atoms with Crippen molar-refractivity contribution in [3.05, 3.63) is 67.2 Å². The zero-order valence-electron chi connectivity index (χ0n) is 11.8. The number of nitro benzene ring substituents is 2. The smallest absolute Gasteiger partial charge is 0.276 e. The molecule has 0 aliphatic rings. The molecule has 0 atom stereocenters. The predicted molar refractivity (Wildman–Crippen MR) is 81.9 cm³/mol. The second-order valence-corrected chi connectivity index (χ2v) is 6.61.